The van der Waals surface area contributed by atoms with Crippen molar-refractivity contribution >= 4 is 34.5 Å². The van der Waals surface area contributed by atoms with Crippen molar-refractivity contribution in [3.05, 3.63) is 82.0 Å². The highest BCUT2D eigenvalue weighted by Gasteiger charge is 2.60. The Bertz CT molecular complexity index is 1080. The summed E-state index contributed by atoms with van der Waals surface area (Å²) in [5, 5.41) is 3.75. The molecule has 1 aromatic heterocycles. The smallest absolute Gasteiger partial charge is 0.266 e. The number of carbonyl (C=O) groups is 2. The number of benzene rings is 2. The third kappa shape index (κ3) is 2.79. The van der Waals surface area contributed by atoms with E-state index in [-0.39, 0.29) is 17.9 Å². The van der Waals surface area contributed by atoms with Crippen molar-refractivity contribution in [2.24, 2.45) is 5.92 Å². The fourth-order valence-corrected chi connectivity index (χ4v) is 4.98. The number of hydroxylamine groups is 1. The van der Waals surface area contributed by atoms with Crippen LogP contribution in [0.3, 0.4) is 0 Å². The van der Waals surface area contributed by atoms with Crippen LogP contribution in [-0.2, 0) is 14.4 Å². The van der Waals surface area contributed by atoms with E-state index in [0.717, 1.165) is 21.7 Å². The van der Waals surface area contributed by atoms with Gasteiger partial charge in [0, 0.05) is 4.88 Å². The lowest BCUT2D eigenvalue weighted by Crippen LogP contribution is -2.37. The molecule has 0 saturated carbocycles. The number of imide groups is 1. The number of hydrogen-bond donors (Lipinski definition) is 0. The number of amides is 2. The van der Waals surface area contributed by atoms with Crippen molar-refractivity contribution < 1.29 is 14.4 Å². The van der Waals surface area contributed by atoms with Gasteiger partial charge in [-0.25, -0.2) is 9.96 Å². The van der Waals surface area contributed by atoms with Crippen LogP contribution < -0.4 is 9.96 Å². The third-order valence-electron chi connectivity index (χ3n) is 5.60. The van der Waals surface area contributed by atoms with E-state index in [2.05, 4.69) is 0 Å². The largest absolute Gasteiger partial charge is 0.273 e. The maximum absolute atomic E-state index is 13.5. The molecule has 6 heteroatoms. The SMILES string of the molecule is Cc1ccc(N2C(=O)[C@H]3[C@H](ON(c4ccccc4C)[C@@H]3c3cccs3)C2=O)cc1. The molecule has 0 bridgehead atoms. The van der Waals surface area contributed by atoms with Gasteiger partial charge in [-0.2, -0.15) is 0 Å². The summed E-state index contributed by atoms with van der Waals surface area (Å²) in [5.41, 5.74) is 3.58. The molecule has 5 nitrogen and oxygen atoms in total. The Kier molecular flexibility index (Phi) is 4.26. The Morgan fingerprint density at radius 3 is 2.34 bits per heavy atom. The van der Waals surface area contributed by atoms with Crippen molar-refractivity contribution in [1.82, 2.24) is 0 Å². The van der Waals surface area contributed by atoms with Crippen LogP contribution in [-0.4, -0.2) is 17.9 Å². The Balaban J connectivity index is 1.58. The molecule has 29 heavy (non-hydrogen) atoms. The van der Waals surface area contributed by atoms with Gasteiger partial charge in [0.25, 0.3) is 5.91 Å². The molecule has 5 rings (SSSR count). The molecule has 0 aliphatic carbocycles. The summed E-state index contributed by atoms with van der Waals surface area (Å²) in [6.45, 7) is 3.97. The molecule has 146 valence electrons. The number of aryl methyl sites for hydroxylation is 2. The zero-order valence-corrected chi connectivity index (χ0v) is 16.9. The number of rotatable bonds is 3. The van der Waals surface area contributed by atoms with Crippen LogP contribution in [0, 0.1) is 19.8 Å². The monoisotopic (exact) mass is 404 g/mol. The van der Waals surface area contributed by atoms with E-state index in [9.17, 15) is 9.59 Å². The molecule has 3 atom stereocenters. The average Bonchev–Trinajstić information content (AvgIpc) is 3.41. The van der Waals surface area contributed by atoms with Gasteiger partial charge >= 0.3 is 0 Å². The van der Waals surface area contributed by atoms with Gasteiger partial charge in [0.15, 0.2) is 6.10 Å². The lowest BCUT2D eigenvalue weighted by atomic mass is 9.95. The Morgan fingerprint density at radius 1 is 0.897 bits per heavy atom. The minimum atomic E-state index is -0.824. The van der Waals surface area contributed by atoms with Crippen molar-refractivity contribution in [3.63, 3.8) is 0 Å². The van der Waals surface area contributed by atoms with Crippen LogP contribution in [0.2, 0.25) is 0 Å². The topological polar surface area (TPSA) is 49.9 Å². The highest BCUT2D eigenvalue weighted by molar-refractivity contribution is 7.10. The van der Waals surface area contributed by atoms with E-state index >= 15 is 0 Å². The summed E-state index contributed by atoms with van der Waals surface area (Å²) in [4.78, 5) is 35.1. The zero-order chi connectivity index (χ0) is 20.1. The van der Waals surface area contributed by atoms with E-state index in [1.165, 1.54) is 4.90 Å². The first-order chi connectivity index (χ1) is 14.1. The maximum Gasteiger partial charge on any atom is 0.266 e. The Hall–Kier alpha value is -2.96. The van der Waals surface area contributed by atoms with Gasteiger partial charge in [0.2, 0.25) is 5.91 Å². The standard InChI is InChI=1S/C23H20N2O3S/c1-14-9-11-16(12-10-14)24-22(26)19-20(18-8-5-13-29-18)25(28-21(19)23(24)27)17-7-4-3-6-15(17)2/h3-13,19-21H,1-2H3/t19-,20-,21+/m1/s1. The minimum absolute atomic E-state index is 0.210. The molecule has 2 aliphatic rings. The van der Waals surface area contributed by atoms with Crippen molar-refractivity contribution in [1.29, 1.82) is 0 Å². The van der Waals surface area contributed by atoms with Gasteiger partial charge in [-0.3, -0.25) is 14.4 Å². The molecule has 3 aromatic rings. The third-order valence-corrected chi connectivity index (χ3v) is 6.54. The summed E-state index contributed by atoms with van der Waals surface area (Å²) in [7, 11) is 0. The first kappa shape index (κ1) is 18.1. The van der Waals surface area contributed by atoms with Crippen molar-refractivity contribution in [3.8, 4) is 0 Å². The molecule has 3 heterocycles. The first-order valence-electron chi connectivity index (χ1n) is 9.56. The van der Waals surface area contributed by atoms with Gasteiger partial charge < -0.3 is 0 Å². The summed E-state index contributed by atoms with van der Waals surface area (Å²) >= 11 is 1.57. The number of para-hydroxylation sites is 1. The van der Waals surface area contributed by atoms with Gasteiger partial charge in [0.1, 0.15) is 12.0 Å². The highest BCUT2D eigenvalue weighted by Crippen LogP contribution is 2.49. The fraction of sp³-hybridized carbons (Fsp3) is 0.217. The number of carbonyl (C=O) groups excluding carboxylic acids is 2. The van der Waals surface area contributed by atoms with Crippen LogP contribution in [0.1, 0.15) is 22.0 Å². The van der Waals surface area contributed by atoms with Gasteiger partial charge in [0.05, 0.1) is 11.4 Å². The Labute approximate surface area is 173 Å². The highest BCUT2D eigenvalue weighted by atomic mass is 32.1. The number of anilines is 2. The lowest BCUT2D eigenvalue weighted by molar-refractivity contribution is -0.126. The summed E-state index contributed by atoms with van der Waals surface area (Å²) < 4.78 is 0. The first-order valence-corrected chi connectivity index (χ1v) is 10.4. The molecule has 2 aliphatic heterocycles. The fourth-order valence-electron chi connectivity index (χ4n) is 4.13. The van der Waals surface area contributed by atoms with Crippen LogP contribution in [0.4, 0.5) is 11.4 Å². The van der Waals surface area contributed by atoms with E-state index in [4.69, 9.17) is 4.84 Å². The summed E-state index contributed by atoms with van der Waals surface area (Å²) in [6, 6.07) is 18.9. The van der Waals surface area contributed by atoms with E-state index in [0.29, 0.717) is 5.69 Å². The van der Waals surface area contributed by atoms with Gasteiger partial charge in [-0.05, 0) is 49.1 Å². The molecule has 0 N–H and O–H groups in total. The quantitative estimate of drug-likeness (QED) is 0.607. The molecule has 0 spiro atoms. The Morgan fingerprint density at radius 2 is 1.66 bits per heavy atom. The predicted octanol–water partition coefficient (Wildman–Crippen LogP) is 4.42. The second-order valence-corrected chi connectivity index (χ2v) is 8.45. The molecular formula is C23H20N2O3S. The minimum Gasteiger partial charge on any atom is -0.273 e. The maximum atomic E-state index is 13.5. The second kappa shape index (κ2) is 6.83. The van der Waals surface area contributed by atoms with Crippen molar-refractivity contribution in [2.45, 2.75) is 26.0 Å². The number of hydrogen-bond acceptors (Lipinski definition) is 5. The van der Waals surface area contributed by atoms with Crippen LogP contribution in [0.25, 0.3) is 0 Å². The molecule has 2 saturated heterocycles. The van der Waals surface area contributed by atoms with Gasteiger partial charge in [-0.1, -0.05) is 42.0 Å². The second-order valence-electron chi connectivity index (χ2n) is 7.47. The molecule has 2 aromatic carbocycles. The van der Waals surface area contributed by atoms with E-state index in [1.807, 2.05) is 79.9 Å². The predicted molar refractivity (Wildman–Crippen MR) is 113 cm³/mol. The molecule has 0 unspecified atom stereocenters. The van der Waals surface area contributed by atoms with Crippen molar-refractivity contribution in [2.75, 3.05) is 9.96 Å². The molecule has 2 amide bonds. The number of nitrogens with zero attached hydrogens (tertiary/aromatic N) is 2. The lowest BCUT2D eigenvalue weighted by Gasteiger charge is -2.28. The van der Waals surface area contributed by atoms with Crippen LogP contribution in [0.5, 0.6) is 0 Å². The van der Waals surface area contributed by atoms with Crippen LogP contribution >= 0.6 is 11.3 Å². The molecule has 0 radical (unpaired) electrons. The van der Waals surface area contributed by atoms with Gasteiger partial charge in [-0.15, -0.1) is 11.3 Å². The number of thiophene rings is 1. The summed E-state index contributed by atoms with van der Waals surface area (Å²) in [5.74, 6) is -1.10. The normalized spacial score (nSPS) is 23.7. The van der Waals surface area contributed by atoms with Crippen LogP contribution in [0.15, 0.2) is 66.0 Å². The molecule has 2 fully saturated rings. The number of fused-ring (bicyclic) bond motifs is 1. The average molecular weight is 404 g/mol. The molecular weight excluding hydrogens is 384 g/mol. The zero-order valence-electron chi connectivity index (χ0n) is 16.1. The van der Waals surface area contributed by atoms with E-state index in [1.54, 1.807) is 16.4 Å². The summed E-state index contributed by atoms with van der Waals surface area (Å²) in [6.07, 6.45) is -0.824. The van der Waals surface area contributed by atoms with E-state index < -0.39 is 12.0 Å².